The summed E-state index contributed by atoms with van der Waals surface area (Å²) >= 11 is 0. The van der Waals surface area contributed by atoms with Gasteiger partial charge >= 0.3 is 5.69 Å². The average Bonchev–Trinajstić information content (AvgIpc) is 2.31. The van der Waals surface area contributed by atoms with E-state index in [0.717, 1.165) is 12.8 Å². The number of allylic oxidation sites excluding steroid dienone is 4. The number of nitrogens with zero attached hydrogens (tertiary/aromatic N) is 1. The number of aryl methyl sites for hydroxylation is 1. The molecule has 19 heavy (non-hydrogen) atoms. The van der Waals surface area contributed by atoms with Gasteiger partial charge in [-0.25, -0.2) is 4.79 Å². The SMILES string of the molecule is C/C=C\C(=C/C(C)C)CCCn1ccc(=O)[nH]c1=O. The van der Waals surface area contributed by atoms with E-state index in [-0.39, 0.29) is 11.2 Å². The summed E-state index contributed by atoms with van der Waals surface area (Å²) in [6.07, 6.45) is 9.71. The summed E-state index contributed by atoms with van der Waals surface area (Å²) in [7, 11) is 0. The Hall–Kier alpha value is -1.84. The van der Waals surface area contributed by atoms with Crippen molar-refractivity contribution in [1.29, 1.82) is 0 Å². The van der Waals surface area contributed by atoms with Gasteiger partial charge in [-0.1, -0.05) is 37.6 Å². The van der Waals surface area contributed by atoms with Gasteiger partial charge < -0.3 is 4.57 Å². The Labute approximate surface area is 113 Å². The van der Waals surface area contributed by atoms with Gasteiger partial charge in [-0.15, -0.1) is 0 Å². The van der Waals surface area contributed by atoms with Crippen LogP contribution in [0, 0.1) is 5.92 Å². The second-order valence-electron chi connectivity index (χ2n) is 4.89. The number of hydrogen-bond acceptors (Lipinski definition) is 2. The minimum absolute atomic E-state index is 0.340. The Balaban J connectivity index is 2.62. The highest BCUT2D eigenvalue weighted by Gasteiger charge is 1.99. The van der Waals surface area contributed by atoms with Crippen LogP contribution in [0.1, 0.15) is 33.6 Å². The molecule has 0 saturated heterocycles. The van der Waals surface area contributed by atoms with E-state index in [1.54, 1.807) is 6.20 Å². The number of aromatic amines is 1. The fourth-order valence-corrected chi connectivity index (χ4v) is 1.94. The van der Waals surface area contributed by atoms with Crippen LogP contribution in [0.2, 0.25) is 0 Å². The van der Waals surface area contributed by atoms with Gasteiger partial charge in [-0.05, 0) is 25.7 Å². The molecule has 0 unspecified atom stereocenters. The smallest absolute Gasteiger partial charge is 0.301 e. The van der Waals surface area contributed by atoms with Crippen molar-refractivity contribution >= 4 is 0 Å². The third kappa shape index (κ3) is 5.55. The van der Waals surface area contributed by atoms with Crippen molar-refractivity contribution < 1.29 is 0 Å². The van der Waals surface area contributed by atoms with Crippen molar-refractivity contribution in [2.75, 3.05) is 0 Å². The fourth-order valence-electron chi connectivity index (χ4n) is 1.94. The maximum atomic E-state index is 11.5. The van der Waals surface area contributed by atoms with Gasteiger partial charge in [0.15, 0.2) is 0 Å². The summed E-state index contributed by atoms with van der Waals surface area (Å²) in [5, 5.41) is 0. The van der Waals surface area contributed by atoms with Gasteiger partial charge in [0, 0.05) is 18.8 Å². The highest BCUT2D eigenvalue weighted by Crippen LogP contribution is 2.11. The second kappa shape index (κ2) is 7.56. The van der Waals surface area contributed by atoms with E-state index >= 15 is 0 Å². The molecule has 4 heteroatoms. The van der Waals surface area contributed by atoms with Crippen molar-refractivity contribution in [2.45, 2.75) is 40.2 Å². The van der Waals surface area contributed by atoms with Crippen molar-refractivity contribution in [3.63, 3.8) is 0 Å². The molecule has 1 N–H and O–H groups in total. The Bertz CT molecular complexity index is 562. The largest absolute Gasteiger partial charge is 0.328 e. The third-order valence-corrected chi connectivity index (χ3v) is 2.69. The first-order valence-corrected chi connectivity index (χ1v) is 6.66. The Morgan fingerprint density at radius 3 is 2.74 bits per heavy atom. The maximum absolute atomic E-state index is 11.5. The lowest BCUT2D eigenvalue weighted by Crippen LogP contribution is -2.28. The summed E-state index contributed by atoms with van der Waals surface area (Å²) in [6, 6.07) is 1.37. The van der Waals surface area contributed by atoms with E-state index in [4.69, 9.17) is 0 Å². The molecule has 0 fully saturated rings. The van der Waals surface area contributed by atoms with Gasteiger partial charge in [0.2, 0.25) is 0 Å². The zero-order valence-electron chi connectivity index (χ0n) is 11.8. The quantitative estimate of drug-likeness (QED) is 0.801. The van der Waals surface area contributed by atoms with Crippen molar-refractivity contribution in [3.8, 4) is 0 Å². The Morgan fingerprint density at radius 2 is 2.16 bits per heavy atom. The molecule has 0 radical (unpaired) electrons. The van der Waals surface area contributed by atoms with Crippen LogP contribution >= 0.6 is 0 Å². The molecule has 4 nitrogen and oxygen atoms in total. The summed E-state index contributed by atoms with van der Waals surface area (Å²) in [5.74, 6) is 0.516. The Morgan fingerprint density at radius 1 is 1.42 bits per heavy atom. The molecule has 0 amide bonds. The molecular formula is C15H22N2O2. The van der Waals surface area contributed by atoms with Gasteiger partial charge in [-0.3, -0.25) is 9.78 Å². The number of aromatic nitrogens is 2. The molecule has 0 spiro atoms. The zero-order valence-corrected chi connectivity index (χ0v) is 11.8. The summed E-state index contributed by atoms with van der Waals surface area (Å²) < 4.78 is 1.53. The number of nitrogens with one attached hydrogen (secondary N) is 1. The molecule has 1 rings (SSSR count). The van der Waals surface area contributed by atoms with E-state index in [0.29, 0.717) is 12.5 Å². The molecule has 0 aromatic carbocycles. The normalized spacial score (nSPS) is 12.5. The first-order chi connectivity index (χ1) is 9.02. The van der Waals surface area contributed by atoms with Crippen LogP contribution in [0.25, 0.3) is 0 Å². The topological polar surface area (TPSA) is 54.9 Å². The number of hydrogen-bond donors (Lipinski definition) is 1. The van der Waals surface area contributed by atoms with Gasteiger partial charge in [0.05, 0.1) is 0 Å². The van der Waals surface area contributed by atoms with E-state index < -0.39 is 0 Å². The molecule has 0 saturated carbocycles. The lowest BCUT2D eigenvalue weighted by Gasteiger charge is -2.06. The number of H-pyrrole nitrogens is 1. The molecule has 1 aromatic heterocycles. The lowest BCUT2D eigenvalue weighted by molar-refractivity contribution is 0.604. The molecule has 0 aliphatic rings. The van der Waals surface area contributed by atoms with E-state index in [2.05, 4.69) is 31.0 Å². The van der Waals surface area contributed by atoms with Crippen LogP contribution in [0.15, 0.2) is 45.7 Å². The van der Waals surface area contributed by atoms with Crippen LogP contribution in [0.3, 0.4) is 0 Å². The van der Waals surface area contributed by atoms with Gasteiger partial charge in [-0.2, -0.15) is 0 Å². The van der Waals surface area contributed by atoms with E-state index in [9.17, 15) is 9.59 Å². The molecule has 0 aliphatic heterocycles. The average molecular weight is 262 g/mol. The summed E-state index contributed by atoms with van der Waals surface area (Å²) in [5.41, 5.74) is 0.596. The van der Waals surface area contributed by atoms with Crippen LogP contribution in [0.5, 0.6) is 0 Å². The van der Waals surface area contributed by atoms with E-state index in [1.807, 2.05) is 13.0 Å². The monoisotopic (exact) mass is 262 g/mol. The lowest BCUT2D eigenvalue weighted by atomic mass is 10.0. The predicted molar refractivity (Wildman–Crippen MR) is 78.3 cm³/mol. The first-order valence-electron chi connectivity index (χ1n) is 6.66. The van der Waals surface area contributed by atoms with Crippen LogP contribution in [0.4, 0.5) is 0 Å². The molecule has 0 atom stereocenters. The minimum atomic E-state index is -0.351. The van der Waals surface area contributed by atoms with Crippen LogP contribution < -0.4 is 11.2 Å². The molecule has 104 valence electrons. The molecule has 0 bridgehead atoms. The molecule has 0 aliphatic carbocycles. The van der Waals surface area contributed by atoms with Gasteiger partial charge in [0.25, 0.3) is 5.56 Å². The van der Waals surface area contributed by atoms with Crippen molar-refractivity contribution in [3.05, 3.63) is 56.9 Å². The first kappa shape index (κ1) is 15.2. The molecule has 1 aromatic rings. The molecule has 1 heterocycles. The zero-order chi connectivity index (χ0) is 14.3. The Kier molecular flexibility index (Phi) is 6.06. The minimum Gasteiger partial charge on any atom is -0.301 e. The standard InChI is InChI=1S/C15H22N2O2/c1-4-6-13(11-12(2)3)7-5-9-17-10-8-14(18)16-15(17)19/h4,6,8,10-12H,5,7,9H2,1-3H3,(H,16,18,19)/b6-4-,13-11+. The number of rotatable bonds is 6. The van der Waals surface area contributed by atoms with Crippen LogP contribution in [-0.4, -0.2) is 9.55 Å². The molecular weight excluding hydrogens is 240 g/mol. The van der Waals surface area contributed by atoms with Crippen molar-refractivity contribution in [1.82, 2.24) is 9.55 Å². The summed E-state index contributed by atoms with van der Waals surface area (Å²) in [4.78, 5) is 24.7. The maximum Gasteiger partial charge on any atom is 0.328 e. The second-order valence-corrected chi connectivity index (χ2v) is 4.89. The highest BCUT2D eigenvalue weighted by atomic mass is 16.2. The predicted octanol–water partition coefficient (Wildman–Crippen LogP) is 2.48. The van der Waals surface area contributed by atoms with Crippen molar-refractivity contribution in [2.24, 2.45) is 5.92 Å². The summed E-state index contributed by atoms with van der Waals surface area (Å²) in [6.45, 7) is 6.91. The van der Waals surface area contributed by atoms with Gasteiger partial charge in [0.1, 0.15) is 0 Å². The third-order valence-electron chi connectivity index (χ3n) is 2.69. The fraction of sp³-hybridized carbons (Fsp3) is 0.467. The highest BCUT2D eigenvalue weighted by molar-refractivity contribution is 5.18. The van der Waals surface area contributed by atoms with Crippen LogP contribution in [-0.2, 0) is 6.54 Å². The van der Waals surface area contributed by atoms with E-state index in [1.165, 1.54) is 16.2 Å².